The van der Waals surface area contributed by atoms with Gasteiger partial charge < -0.3 is 19.2 Å². The molecule has 2 aromatic rings. The van der Waals surface area contributed by atoms with Crippen LogP contribution in [0.5, 0.6) is 11.5 Å². The van der Waals surface area contributed by atoms with Gasteiger partial charge in [0.2, 0.25) is 5.91 Å². The highest BCUT2D eigenvalue weighted by atomic mass is 32.2. The van der Waals surface area contributed by atoms with Gasteiger partial charge in [0.1, 0.15) is 11.0 Å². The highest BCUT2D eigenvalue weighted by Crippen LogP contribution is 2.53. The van der Waals surface area contributed by atoms with Crippen LogP contribution in [0.25, 0.3) is 0 Å². The van der Waals surface area contributed by atoms with E-state index in [9.17, 15) is 9.59 Å². The third-order valence-corrected chi connectivity index (χ3v) is 6.15. The summed E-state index contributed by atoms with van der Waals surface area (Å²) in [7, 11) is 4.92. The summed E-state index contributed by atoms with van der Waals surface area (Å²) in [5.74, 6) is 1.12. The average molecular weight is 371 g/mol. The smallest absolute Gasteiger partial charge is 0.247 e. The number of anilines is 1. The SMILES string of the molecule is COc1ccc(C2(CCC=O)Sc3ccccc3N(C)C2=O)cc1OC. The Kier molecular flexibility index (Phi) is 5.23. The van der Waals surface area contributed by atoms with Crippen LogP contribution in [0.15, 0.2) is 47.4 Å². The number of hydrogen-bond acceptors (Lipinski definition) is 5. The number of methoxy groups -OCH3 is 2. The number of thioether (sulfide) groups is 1. The van der Waals surface area contributed by atoms with Crippen LogP contribution in [-0.4, -0.2) is 33.5 Å². The van der Waals surface area contributed by atoms with Crippen molar-refractivity contribution < 1.29 is 19.1 Å². The standard InChI is InChI=1S/C20H21NO4S/c1-21-15-7-4-5-8-18(15)26-20(19(21)23,11-6-12-22)14-9-10-16(24-2)17(13-14)25-3/h4-5,7-10,12-13H,6,11H2,1-3H3. The molecule has 0 aromatic heterocycles. The molecule has 0 bridgehead atoms. The number of carbonyl (C=O) groups is 2. The average Bonchev–Trinajstić information content (AvgIpc) is 2.69. The number of carbonyl (C=O) groups excluding carboxylic acids is 2. The van der Waals surface area contributed by atoms with Crippen molar-refractivity contribution >= 4 is 29.6 Å². The molecule has 1 aliphatic rings. The van der Waals surface area contributed by atoms with Crippen LogP contribution in [0.2, 0.25) is 0 Å². The van der Waals surface area contributed by atoms with Crippen molar-refractivity contribution in [3.05, 3.63) is 48.0 Å². The van der Waals surface area contributed by atoms with E-state index in [1.807, 2.05) is 36.4 Å². The summed E-state index contributed by atoms with van der Waals surface area (Å²) in [6.45, 7) is 0. The number of fused-ring (bicyclic) bond motifs is 1. The second-order valence-electron chi connectivity index (χ2n) is 6.04. The predicted octanol–water partition coefficient (Wildman–Crippen LogP) is 3.65. The van der Waals surface area contributed by atoms with E-state index in [0.717, 1.165) is 22.4 Å². The lowest BCUT2D eigenvalue weighted by Gasteiger charge is -2.41. The molecule has 1 amide bonds. The van der Waals surface area contributed by atoms with E-state index in [1.165, 1.54) is 11.8 Å². The second kappa shape index (κ2) is 7.41. The summed E-state index contributed by atoms with van der Waals surface area (Å²) in [5.41, 5.74) is 1.68. The van der Waals surface area contributed by atoms with E-state index in [4.69, 9.17) is 9.47 Å². The Morgan fingerprint density at radius 1 is 1.12 bits per heavy atom. The van der Waals surface area contributed by atoms with Gasteiger partial charge in [-0.25, -0.2) is 0 Å². The maximum absolute atomic E-state index is 13.4. The number of hydrogen-bond donors (Lipinski definition) is 0. The zero-order valence-corrected chi connectivity index (χ0v) is 15.8. The van der Waals surface area contributed by atoms with E-state index in [2.05, 4.69) is 0 Å². The zero-order chi connectivity index (χ0) is 18.7. The minimum absolute atomic E-state index is 0.0460. The lowest BCUT2D eigenvalue weighted by molar-refractivity contribution is -0.121. The monoisotopic (exact) mass is 371 g/mol. The molecule has 26 heavy (non-hydrogen) atoms. The number of aldehydes is 1. The number of amides is 1. The molecule has 0 saturated carbocycles. The number of para-hydroxylation sites is 1. The van der Waals surface area contributed by atoms with Gasteiger partial charge >= 0.3 is 0 Å². The van der Waals surface area contributed by atoms with Gasteiger partial charge in [-0.05, 0) is 36.2 Å². The molecule has 1 heterocycles. The quantitative estimate of drug-likeness (QED) is 0.726. The van der Waals surface area contributed by atoms with E-state index >= 15 is 0 Å². The Morgan fingerprint density at radius 2 is 1.85 bits per heavy atom. The Bertz CT molecular complexity index is 838. The van der Waals surface area contributed by atoms with Crippen molar-refractivity contribution in [3.63, 3.8) is 0 Å². The van der Waals surface area contributed by atoms with Gasteiger partial charge in [-0.1, -0.05) is 18.2 Å². The Balaban J connectivity index is 2.16. The first-order valence-corrected chi connectivity index (χ1v) is 9.11. The summed E-state index contributed by atoms with van der Waals surface area (Å²) in [6, 6.07) is 13.3. The number of nitrogens with zero attached hydrogens (tertiary/aromatic N) is 1. The first-order valence-electron chi connectivity index (χ1n) is 8.29. The molecule has 5 nitrogen and oxygen atoms in total. The third-order valence-electron chi connectivity index (χ3n) is 4.63. The predicted molar refractivity (Wildman–Crippen MR) is 102 cm³/mol. The number of likely N-dealkylation sites (N-methyl/N-ethyl adjacent to an activating group) is 1. The van der Waals surface area contributed by atoms with Crippen LogP contribution in [0.1, 0.15) is 18.4 Å². The molecule has 0 aliphatic carbocycles. The third kappa shape index (κ3) is 2.94. The highest BCUT2D eigenvalue weighted by molar-refractivity contribution is 8.01. The van der Waals surface area contributed by atoms with E-state index in [0.29, 0.717) is 24.3 Å². The highest BCUT2D eigenvalue weighted by Gasteiger charge is 2.47. The fourth-order valence-corrected chi connectivity index (χ4v) is 4.79. The molecule has 2 aromatic carbocycles. The molecule has 136 valence electrons. The van der Waals surface area contributed by atoms with Gasteiger partial charge in [-0.3, -0.25) is 4.79 Å². The molecule has 1 atom stereocenters. The van der Waals surface area contributed by atoms with Gasteiger partial charge in [-0.2, -0.15) is 0 Å². The molecule has 0 N–H and O–H groups in total. The molecule has 0 saturated heterocycles. The van der Waals surface area contributed by atoms with Gasteiger partial charge in [0.15, 0.2) is 11.5 Å². The zero-order valence-electron chi connectivity index (χ0n) is 15.0. The second-order valence-corrected chi connectivity index (χ2v) is 7.38. The van der Waals surface area contributed by atoms with Crippen molar-refractivity contribution in [3.8, 4) is 11.5 Å². The van der Waals surface area contributed by atoms with Crippen molar-refractivity contribution in [2.24, 2.45) is 0 Å². The summed E-state index contributed by atoms with van der Waals surface area (Å²) in [5, 5.41) is 0. The molecular weight excluding hydrogens is 350 g/mol. The molecule has 1 aliphatic heterocycles. The van der Waals surface area contributed by atoms with Crippen LogP contribution in [0.3, 0.4) is 0 Å². The number of ether oxygens (including phenoxy) is 2. The van der Waals surface area contributed by atoms with Crippen LogP contribution >= 0.6 is 11.8 Å². The summed E-state index contributed by atoms with van der Waals surface area (Å²) >= 11 is 1.50. The minimum Gasteiger partial charge on any atom is -0.493 e. The van der Waals surface area contributed by atoms with Gasteiger partial charge in [0.25, 0.3) is 0 Å². The van der Waals surface area contributed by atoms with Crippen molar-refractivity contribution in [1.82, 2.24) is 0 Å². The molecule has 6 heteroatoms. The summed E-state index contributed by atoms with van der Waals surface area (Å²) < 4.78 is 9.85. The summed E-state index contributed by atoms with van der Waals surface area (Å²) in [4.78, 5) is 27.2. The van der Waals surface area contributed by atoms with E-state index in [-0.39, 0.29) is 5.91 Å². The van der Waals surface area contributed by atoms with Crippen molar-refractivity contribution in [2.45, 2.75) is 22.5 Å². The normalized spacial score (nSPS) is 19.0. The van der Waals surface area contributed by atoms with Crippen LogP contribution in [0, 0.1) is 0 Å². The molecule has 3 rings (SSSR count). The lowest BCUT2D eigenvalue weighted by Crippen LogP contribution is -2.46. The number of benzene rings is 2. The van der Waals surface area contributed by atoms with E-state index in [1.54, 1.807) is 32.2 Å². The van der Waals surface area contributed by atoms with Crippen molar-refractivity contribution in [2.75, 3.05) is 26.2 Å². The van der Waals surface area contributed by atoms with Gasteiger partial charge in [-0.15, -0.1) is 11.8 Å². The van der Waals surface area contributed by atoms with E-state index < -0.39 is 4.75 Å². The Hall–Kier alpha value is -2.47. The largest absolute Gasteiger partial charge is 0.493 e. The first kappa shape index (κ1) is 18.3. The van der Waals surface area contributed by atoms with Crippen LogP contribution < -0.4 is 14.4 Å². The molecule has 1 unspecified atom stereocenters. The molecular formula is C20H21NO4S. The molecule has 0 fully saturated rings. The van der Waals surface area contributed by atoms with Gasteiger partial charge in [0, 0.05) is 18.4 Å². The maximum Gasteiger partial charge on any atom is 0.247 e. The fourth-order valence-electron chi connectivity index (χ4n) is 3.27. The molecule has 0 radical (unpaired) electrons. The Morgan fingerprint density at radius 3 is 2.54 bits per heavy atom. The molecule has 0 spiro atoms. The van der Waals surface area contributed by atoms with Crippen molar-refractivity contribution in [1.29, 1.82) is 0 Å². The summed E-state index contributed by atoms with van der Waals surface area (Å²) in [6.07, 6.45) is 1.56. The minimum atomic E-state index is -0.885. The number of rotatable bonds is 6. The maximum atomic E-state index is 13.4. The van der Waals surface area contributed by atoms with Crippen LogP contribution in [-0.2, 0) is 14.3 Å². The Labute approximate surface area is 157 Å². The topological polar surface area (TPSA) is 55.8 Å². The van der Waals surface area contributed by atoms with Crippen LogP contribution in [0.4, 0.5) is 5.69 Å². The van der Waals surface area contributed by atoms with Gasteiger partial charge in [0.05, 0.1) is 19.9 Å². The fraction of sp³-hybridized carbons (Fsp3) is 0.300. The lowest BCUT2D eigenvalue weighted by atomic mass is 9.90. The first-order chi connectivity index (χ1) is 12.6.